The molecule has 28 heavy (non-hydrogen) atoms. The van der Waals surface area contributed by atoms with Gasteiger partial charge in [0.25, 0.3) is 0 Å². The molecule has 1 aliphatic rings. The van der Waals surface area contributed by atoms with Gasteiger partial charge in [-0.1, -0.05) is 23.9 Å². The Morgan fingerprint density at radius 1 is 1.29 bits per heavy atom. The first-order valence-corrected chi connectivity index (χ1v) is 10.4. The van der Waals surface area contributed by atoms with Crippen LogP contribution in [0.4, 0.5) is 10.1 Å². The average molecular weight is 405 g/mol. The number of rotatable bonds is 7. The maximum Gasteiger partial charge on any atom is 0.348 e. The second-order valence-electron chi connectivity index (χ2n) is 7.10. The van der Waals surface area contributed by atoms with Crippen LogP contribution in [0.1, 0.15) is 24.1 Å². The van der Waals surface area contributed by atoms with Crippen LogP contribution in [-0.4, -0.2) is 46.8 Å². The second-order valence-corrected chi connectivity index (χ2v) is 8.07. The van der Waals surface area contributed by atoms with E-state index < -0.39 is 5.82 Å². The average Bonchev–Trinajstić information content (AvgIpc) is 2.67. The van der Waals surface area contributed by atoms with Gasteiger partial charge in [0.2, 0.25) is 5.91 Å². The number of aromatic nitrogens is 2. The van der Waals surface area contributed by atoms with Gasteiger partial charge in [-0.3, -0.25) is 9.36 Å². The Labute approximate surface area is 168 Å². The van der Waals surface area contributed by atoms with Crippen molar-refractivity contribution >= 4 is 23.4 Å². The molecule has 0 atom stereocenters. The summed E-state index contributed by atoms with van der Waals surface area (Å²) < 4.78 is 15.5. The quantitative estimate of drug-likeness (QED) is 0.568. The Hall–Kier alpha value is -2.19. The van der Waals surface area contributed by atoms with E-state index in [0.717, 1.165) is 43.5 Å². The zero-order chi connectivity index (χ0) is 20.1. The molecule has 2 aromatic rings. The molecular formula is C20H25FN4O2S. The van der Waals surface area contributed by atoms with E-state index in [2.05, 4.69) is 10.3 Å². The van der Waals surface area contributed by atoms with Gasteiger partial charge in [-0.15, -0.1) is 0 Å². The third-order valence-corrected chi connectivity index (χ3v) is 5.73. The van der Waals surface area contributed by atoms with Gasteiger partial charge in [0, 0.05) is 24.3 Å². The lowest BCUT2D eigenvalue weighted by Gasteiger charge is -2.23. The van der Waals surface area contributed by atoms with E-state index in [9.17, 15) is 14.0 Å². The summed E-state index contributed by atoms with van der Waals surface area (Å²) in [5.74, 6) is -0.715. The molecule has 0 fully saturated rings. The summed E-state index contributed by atoms with van der Waals surface area (Å²) in [6, 6.07) is 6.05. The Bertz CT molecular complexity index is 914. The molecule has 0 saturated carbocycles. The number of halogens is 1. The van der Waals surface area contributed by atoms with Crippen molar-refractivity contribution in [3.63, 3.8) is 0 Å². The van der Waals surface area contributed by atoms with Crippen LogP contribution in [0.5, 0.6) is 0 Å². The number of fused-ring (bicyclic) bond motifs is 1. The number of amides is 1. The van der Waals surface area contributed by atoms with E-state index in [1.165, 1.54) is 23.9 Å². The molecule has 0 spiro atoms. The SMILES string of the molecule is CN(C)CCn1c2c(c(SCC(=O)Nc3ccccc3F)nc1=O)CCCC2. The van der Waals surface area contributed by atoms with Crippen molar-refractivity contribution in [2.24, 2.45) is 0 Å². The van der Waals surface area contributed by atoms with Gasteiger partial charge in [0.1, 0.15) is 10.8 Å². The molecule has 1 aliphatic carbocycles. The predicted molar refractivity (Wildman–Crippen MR) is 109 cm³/mol. The monoisotopic (exact) mass is 404 g/mol. The zero-order valence-electron chi connectivity index (χ0n) is 16.2. The van der Waals surface area contributed by atoms with Crippen LogP contribution in [-0.2, 0) is 24.2 Å². The maximum absolute atomic E-state index is 13.7. The van der Waals surface area contributed by atoms with Gasteiger partial charge >= 0.3 is 5.69 Å². The van der Waals surface area contributed by atoms with Crippen molar-refractivity contribution in [3.8, 4) is 0 Å². The molecule has 6 nitrogen and oxygen atoms in total. The van der Waals surface area contributed by atoms with Crippen LogP contribution in [0, 0.1) is 5.82 Å². The number of hydrogen-bond acceptors (Lipinski definition) is 5. The van der Waals surface area contributed by atoms with Crippen molar-refractivity contribution in [3.05, 3.63) is 51.8 Å². The minimum absolute atomic E-state index is 0.0783. The number of anilines is 1. The van der Waals surface area contributed by atoms with Gasteiger partial charge in [0.05, 0.1) is 11.4 Å². The molecule has 8 heteroatoms. The third kappa shape index (κ3) is 4.99. The minimum Gasteiger partial charge on any atom is -0.323 e. The molecule has 1 aromatic carbocycles. The fraction of sp³-hybridized carbons (Fsp3) is 0.450. The number of benzene rings is 1. The molecular weight excluding hydrogens is 379 g/mol. The smallest absolute Gasteiger partial charge is 0.323 e. The minimum atomic E-state index is -0.472. The summed E-state index contributed by atoms with van der Waals surface area (Å²) in [4.78, 5) is 31.1. The standard InChI is InChI=1S/C20H25FN4O2S/c1-24(2)11-12-25-17-10-6-3-7-14(17)19(23-20(25)27)28-13-18(26)22-16-9-5-4-8-15(16)21/h4-5,8-9H,3,6-7,10-13H2,1-2H3,(H,22,26). The molecule has 1 amide bonds. The van der Waals surface area contributed by atoms with E-state index in [1.807, 2.05) is 19.0 Å². The van der Waals surface area contributed by atoms with Gasteiger partial charge < -0.3 is 10.2 Å². The van der Waals surface area contributed by atoms with Crippen LogP contribution >= 0.6 is 11.8 Å². The van der Waals surface area contributed by atoms with Crippen molar-refractivity contribution in [2.45, 2.75) is 37.3 Å². The first-order valence-electron chi connectivity index (χ1n) is 9.40. The Balaban J connectivity index is 1.75. The number of nitrogens with zero attached hydrogens (tertiary/aromatic N) is 3. The molecule has 1 N–H and O–H groups in total. The number of nitrogens with one attached hydrogen (secondary N) is 1. The predicted octanol–water partition coefficient (Wildman–Crippen LogP) is 2.55. The van der Waals surface area contributed by atoms with E-state index in [-0.39, 0.29) is 23.0 Å². The number of likely N-dealkylation sites (N-methyl/N-ethyl adjacent to an activating group) is 1. The summed E-state index contributed by atoms with van der Waals surface area (Å²) in [5, 5.41) is 3.20. The highest BCUT2D eigenvalue weighted by Crippen LogP contribution is 2.28. The highest BCUT2D eigenvalue weighted by Gasteiger charge is 2.21. The summed E-state index contributed by atoms with van der Waals surface area (Å²) in [6.45, 7) is 1.38. The molecule has 150 valence electrons. The number of carbonyl (C=O) groups is 1. The lowest BCUT2D eigenvalue weighted by Crippen LogP contribution is -2.33. The topological polar surface area (TPSA) is 67.2 Å². The van der Waals surface area contributed by atoms with E-state index in [1.54, 1.807) is 16.7 Å². The lowest BCUT2D eigenvalue weighted by molar-refractivity contribution is -0.113. The molecule has 0 saturated heterocycles. The van der Waals surface area contributed by atoms with Gasteiger partial charge in [-0.25, -0.2) is 9.18 Å². The molecule has 0 radical (unpaired) electrons. The van der Waals surface area contributed by atoms with Crippen molar-refractivity contribution in [2.75, 3.05) is 31.7 Å². The first kappa shape index (κ1) is 20.5. The highest BCUT2D eigenvalue weighted by molar-refractivity contribution is 8.00. The Kier molecular flexibility index (Phi) is 6.85. The lowest BCUT2D eigenvalue weighted by atomic mass is 9.97. The fourth-order valence-corrected chi connectivity index (χ4v) is 4.16. The first-order chi connectivity index (χ1) is 13.5. The number of para-hydroxylation sites is 1. The molecule has 0 unspecified atom stereocenters. The van der Waals surface area contributed by atoms with E-state index in [0.29, 0.717) is 11.6 Å². The van der Waals surface area contributed by atoms with Crippen LogP contribution in [0.2, 0.25) is 0 Å². The van der Waals surface area contributed by atoms with Crippen molar-refractivity contribution in [1.29, 1.82) is 0 Å². The molecule has 0 bridgehead atoms. The zero-order valence-corrected chi connectivity index (χ0v) is 17.0. The Morgan fingerprint density at radius 3 is 2.79 bits per heavy atom. The third-order valence-electron chi connectivity index (χ3n) is 4.71. The molecule has 3 rings (SSSR count). The molecule has 1 heterocycles. The van der Waals surface area contributed by atoms with Crippen molar-refractivity contribution < 1.29 is 9.18 Å². The highest BCUT2D eigenvalue weighted by atomic mass is 32.2. The van der Waals surface area contributed by atoms with Gasteiger partial charge in [-0.05, 0) is 51.9 Å². The van der Waals surface area contributed by atoms with E-state index in [4.69, 9.17) is 0 Å². The van der Waals surface area contributed by atoms with Crippen LogP contribution in [0.15, 0.2) is 34.1 Å². The number of carbonyl (C=O) groups excluding carboxylic acids is 1. The summed E-state index contributed by atoms with van der Waals surface area (Å²) in [6.07, 6.45) is 3.82. The fourth-order valence-electron chi connectivity index (χ4n) is 3.28. The van der Waals surface area contributed by atoms with Gasteiger partial charge in [-0.2, -0.15) is 4.98 Å². The normalized spacial score (nSPS) is 13.4. The summed E-state index contributed by atoms with van der Waals surface area (Å²) in [5.41, 5.74) is 2.01. The van der Waals surface area contributed by atoms with Gasteiger partial charge in [0.15, 0.2) is 0 Å². The van der Waals surface area contributed by atoms with Crippen molar-refractivity contribution in [1.82, 2.24) is 14.5 Å². The largest absolute Gasteiger partial charge is 0.348 e. The summed E-state index contributed by atoms with van der Waals surface area (Å²) >= 11 is 1.25. The molecule has 1 aromatic heterocycles. The van der Waals surface area contributed by atoms with Crippen LogP contribution < -0.4 is 11.0 Å². The maximum atomic E-state index is 13.7. The van der Waals surface area contributed by atoms with Crippen LogP contribution in [0.25, 0.3) is 0 Å². The molecule has 0 aliphatic heterocycles. The van der Waals surface area contributed by atoms with Crippen LogP contribution in [0.3, 0.4) is 0 Å². The Morgan fingerprint density at radius 2 is 2.04 bits per heavy atom. The van der Waals surface area contributed by atoms with E-state index >= 15 is 0 Å². The summed E-state index contributed by atoms with van der Waals surface area (Å²) in [7, 11) is 3.95. The second kappa shape index (κ2) is 9.34. The number of thioether (sulfide) groups is 1. The number of hydrogen-bond donors (Lipinski definition) is 1.